The van der Waals surface area contributed by atoms with E-state index in [-0.39, 0.29) is 0 Å². The van der Waals surface area contributed by atoms with Crippen LogP contribution in [0, 0.1) is 0 Å². The van der Waals surface area contributed by atoms with Crippen molar-refractivity contribution in [2.24, 2.45) is 0 Å². The van der Waals surface area contributed by atoms with Crippen LogP contribution in [0.3, 0.4) is 0 Å². The van der Waals surface area contributed by atoms with E-state index >= 15 is 0 Å². The smallest absolute Gasteiger partial charge is 0.0548 e. The van der Waals surface area contributed by atoms with Gasteiger partial charge in [-0.2, -0.15) is 0 Å². The Balaban J connectivity index is 1.22. The third-order valence-electron chi connectivity index (χ3n) is 10.1. The summed E-state index contributed by atoms with van der Waals surface area (Å²) in [6.07, 6.45) is 0. The van der Waals surface area contributed by atoms with Crippen molar-refractivity contribution < 1.29 is 0 Å². The molecule has 0 radical (unpaired) electrons. The van der Waals surface area contributed by atoms with Gasteiger partial charge in [0.15, 0.2) is 0 Å². The van der Waals surface area contributed by atoms with E-state index in [9.17, 15) is 0 Å². The standard InChI is InChI=1S/C48H32N2/c1-4-13-33(14-5-1)36-17-12-18-37(31-36)35-23-26-40(27-24-35)50-44-28-25-38(34-15-6-2-7-16-34)32-42(44)48-46(50)30-29-45-47(48)41-21-10-11-22-43(41)49(45)39-19-8-3-9-20-39/h1-32H. The van der Waals surface area contributed by atoms with Gasteiger partial charge in [-0.15, -0.1) is 0 Å². The topological polar surface area (TPSA) is 9.86 Å². The van der Waals surface area contributed by atoms with Gasteiger partial charge in [-0.3, -0.25) is 0 Å². The van der Waals surface area contributed by atoms with E-state index in [4.69, 9.17) is 0 Å². The fourth-order valence-electron chi connectivity index (χ4n) is 7.82. The number of rotatable bonds is 5. The molecule has 50 heavy (non-hydrogen) atoms. The molecule has 2 aromatic heterocycles. The first kappa shape index (κ1) is 28.4. The third kappa shape index (κ3) is 4.50. The maximum atomic E-state index is 2.44. The van der Waals surface area contributed by atoms with Gasteiger partial charge in [0.05, 0.1) is 22.1 Å². The zero-order chi connectivity index (χ0) is 33.0. The molecule has 0 spiro atoms. The molecule has 10 rings (SSSR count). The number of nitrogens with zero attached hydrogens (tertiary/aromatic N) is 2. The van der Waals surface area contributed by atoms with Crippen molar-refractivity contribution >= 4 is 43.6 Å². The molecular formula is C48H32N2. The lowest BCUT2D eigenvalue weighted by Crippen LogP contribution is -1.95. The fraction of sp³-hybridized carbons (Fsp3) is 0. The Morgan fingerprint density at radius 3 is 1.30 bits per heavy atom. The molecule has 0 aliphatic heterocycles. The van der Waals surface area contributed by atoms with Crippen LogP contribution in [0.1, 0.15) is 0 Å². The van der Waals surface area contributed by atoms with Crippen LogP contribution in [0.4, 0.5) is 0 Å². The van der Waals surface area contributed by atoms with Gasteiger partial charge in [-0.25, -0.2) is 0 Å². The van der Waals surface area contributed by atoms with E-state index in [2.05, 4.69) is 203 Å². The molecule has 0 aliphatic rings. The molecule has 0 N–H and O–H groups in total. The molecule has 0 aliphatic carbocycles. The Labute approximate surface area is 290 Å². The molecule has 0 saturated heterocycles. The molecule has 2 heteroatoms. The molecular weight excluding hydrogens is 605 g/mol. The second-order valence-corrected chi connectivity index (χ2v) is 13.0. The first-order chi connectivity index (χ1) is 24.8. The Morgan fingerprint density at radius 2 is 0.660 bits per heavy atom. The number of benzene rings is 8. The number of fused-ring (bicyclic) bond motifs is 7. The van der Waals surface area contributed by atoms with Crippen molar-refractivity contribution in [1.29, 1.82) is 0 Å². The van der Waals surface area contributed by atoms with Crippen LogP contribution in [0.15, 0.2) is 194 Å². The summed E-state index contributed by atoms with van der Waals surface area (Å²) in [5, 5.41) is 5.07. The summed E-state index contributed by atoms with van der Waals surface area (Å²) in [7, 11) is 0. The van der Waals surface area contributed by atoms with Crippen LogP contribution in [-0.2, 0) is 0 Å². The lowest BCUT2D eigenvalue weighted by Gasteiger charge is -2.11. The van der Waals surface area contributed by atoms with Gasteiger partial charge < -0.3 is 9.13 Å². The normalized spacial score (nSPS) is 11.6. The molecule has 0 amide bonds. The van der Waals surface area contributed by atoms with Gasteiger partial charge in [-0.05, 0) is 94.0 Å². The number of para-hydroxylation sites is 2. The molecule has 0 unspecified atom stereocenters. The highest BCUT2D eigenvalue weighted by Gasteiger charge is 2.21. The molecule has 2 heterocycles. The Morgan fingerprint density at radius 1 is 0.240 bits per heavy atom. The molecule has 0 fully saturated rings. The summed E-state index contributed by atoms with van der Waals surface area (Å²) < 4.78 is 4.85. The minimum atomic E-state index is 1.14. The molecule has 10 aromatic rings. The lowest BCUT2D eigenvalue weighted by atomic mass is 9.99. The summed E-state index contributed by atoms with van der Waals surface area (Å²) in [6, 6.07) is 70.3. The van der Waals surface area contributed by atoms with Gasteiger partial charge in [0.1, 0.15) is 0 Å². The number of aromatic nitrogens is 2. The summed E-state index contributed by atoms with van der Waals surface area (Å²) in [6.45, 7) is 0. The van der Waals surface area contributed by atoms with Crippen molar-refractivity contribution in [2.45, 2.75) is 0 Å². The van der Waals surface area contributed by atoms with Gasteiger partial charge in [0.25, 0.3) is 0 Å². The predicted octanol–water partition coefficient (Wildman–Crippen LogP) is 12.9. The van der Waals surface area contributed by atoms with E-state index in [1.807, 2.05) is 0 Å². The van der Waals surface area contributed by atoms with Crippen molar-refractivity contribution in [3.63, 3.8) is 0 Å². The second kappa shape index (κ2) is 11.5. The zero-order valence-electron chi connectivity index (χ0n) is 27.4. The monoisotopic (exact) mass is 636 g/mol. The van der Waals surface area contributed by atoms with Crippen LogP contribution in [-0.4, -0.2) is 9.13 Å². The molecule has 2 nitrogen and oxygen atoms in total. The summed E-state index contributed by atoms with van der Waals surface area (Å²) in [5.74, 6) is 0. The number of hydrogen-bond donors (Lipinski definition) is 0. The number of hydrogen-bond acceptors (Lipinski definition) is 0. The largest absolute Gasteiger partial charge is 0.309 e. The third-order valence-corrected chi connectivity index (χ3v) is 10.1. The minimum Gasteiger partial charge on any atom is -0.309 e. The maximum absolute atomic E-state index is 2.44. The Kier molecular flexibility index (Phi) is 6.53. The SMILES string of the molecule is c1ccc(-c2cccc(-c3ccc(-n4c5ccc(-c6ccccc6)cc5c5c6c7ccccc7n(-c7ccccc7)c6ccc54)cc3)c2)cc1. The van der Waals surface area contributed by atoms with Crippen molar-refractivity contribution in [3.8, 4) is 44.8 Å². The average molecular weight is 637 g/mol. The molecule has 0 atom stereocenters. The minimum absolute atomic E-state index is 1.14. The van der Waals surface area contributed by atoms with Crippen LogP contribution < -0.4 is 0 Å². The van der Waals surface area contributed by atoms with E-state index in [0.29, 0.717) is 0 Å². The predicted molar refractivity (Wildman–Crippen MR) is 211 cm³/mol. The lowest BCUT2D eigenvalue weighted by molar-refractivity contribution is 1.17. The summed E-state index contributed by atoms with van der Waals surface area (Å²) in [4.78, 5) is 0. The molecule has 234 valence electrons. The van der Waals surface area contributed by atoms with Gasteiger partial charge >= 0.3 is 0 Å². The summed E-state index contributed by atoms with van der Waals surface area (Å²) >= 11 is 0. The first-order valence-corrected chi connectivity index (χ1v) is 17.2. The van der Waals surface area contributed by atoms with Crippen LogP contribution in [0.5, 0.6) is 0 Å². The van der Waals surface area contributed by atoms with Crippen molar-refractivity contribution in [2.75, 3.05) is 0 Å². The van der Waals surface area contributed by atoms with Crippen molar-refractivity contribution in [1.82, 2.24) is 9.13 Å². The van der Waals surface area contributed by atoms with Crippen LogP contribution in [0.2, 0.25) is 0 Å². The molecule has 8 aromatic carbocycles. The van der Waals surface area contributed by atoms with E-state index in [0.717, 1.165) is 5.69 Å². The second-order valence-electron chi connectivity index (χ2n) is 13.0. The van der Waals surface area contributed by atoms with Gasteiger partial charge in [0, 0.05) is 32.9 Å². The van der Waals surface area contributed by atoms with E-state index < -0.39 is 0 Å². The molecule has 0 bridgehead atoms. The van der Waals surface area contributed by atoms with Crippen molar-refractivity contribution in [3.05, 3.63) is 194 Å². The van der Waals surface area contributed by atoms with Crippen LogP contribution in [0.25, 0.3) is 88.4 Å². The zero-order valence-corrected chi connectivity index (χ0v) is 27.4. The Bertz CT molecular complexity index is 2820. The van der Waals surface area contributed by atoms with E-state index in [1.54, 1.807) is 0 Å². The van der Waals surface area contributed by atoms with Gasteiger partial charge in [-0.1, -0.05) is 133 Å². The molecule has 0 saturated carbocycles. The fourth-order valence-corrected chi connectivity index (χ4v) is 7.82. The highest BCUT2D eigenvalue weighted by atomic mass is 15.0. The maximum Gasteiger partial charge on any atom is 0.0548 e. The Hall–Kier alpha value is -6.64. The first-order valence-electron chi connectivity index (χ1n) is 17.2. The van der Waals surface area contributed by atoms with E-state index in [1.165, 1.54) is 82.7 Å². The quantitative estimate of drug-likeness (QED) is 0.178. The van der Waals surface area contributed by atoms with Gasteiger partial charge in [0.2, 0.25) is 0 Å². The highest BCUT2D eigenvalue weighted by molar-refractivity contribution is 6.29. The average Bonchev–Trinajstić information content (AvgIpc) is 3.71. The summed E-state index contributed by atoms with van der Waals surface area (Å²) in [5.41, 5.74) is 14.4. The highest BCUT2D eigenvalue weighted by Crippen LogP contribution is 2.43. The van der Waals surface area contributed by atoms with Crippen LogP contribution >= 0.6 is 0 Å².